The van der Waals surface area contributed by atoms with E-state index in [1.165, 1.54) is 10.6 Å². The Kier molecular flexibility index (Phi) is 5.30. The number of hydrogen-bond donors (Lipinski definition) is 0. The van der Waals surface area contributed by atoms with Gasteiger partial charge in [-0.1, -0.05) is 6.07 Å². The molecule has 9 heteroatoms. The maximum absolute atomic E-state index is 13.1. The maximum atomic E-state index is 13.1. The molecule has 3 fully saturated rings. The van der Waals surface area contributed by atoms with Crippen molar-refractivity contribution in [3.8, 4) is 5.75 Å². The van der Waals surface area contributed by atoms with E-state index in [-0.39, 0.29) is 35.7 Å². The highest BCUT2D eigenvalue weighted by molar-refractivity contribution is 7.88. The van der Waals surface area contributed by atoms with E-state index in [0.29, 0.717) is 50.3 Å². The number of sulfonamides is 1. The standard InChI is InChI=1S/C21H29N3O5S/c1-4-24-20(26)17-13-23(30(3,27)28)14-18(17)21(24)8-10-22(11-9-21)19(25)15-6-5-7-16(12-15)29-2/h5-7,12,17-18H,4,8-11,13-14H2,1-3H3/t17-,18+/m0/s1. The number of fused-ring (bicyclic) bond motifs is 2. The maximum Gasteiger partial charge on any atom is 0.253 e. The Morgan fingerprint density at radius 2 is 1.93 bits per heavy atom. The highest BCUT2D eigenvalue weighted by Gasteiger charge is 2.62. The fourth-order valence-corrected chi connectivity index (χ4v) is 6.46. The summed E-state index contributed by atoms with van der Waals surface area (Å²) in [6.45, 7) is 4.32. The molecule has 3 heterocycles. The Balaban J connectivity index is 1.54. The van der Waals surface area contributed by atoms with E-state index in [1.807, 2.05) is 16.7 Å². The second-order valence-electron chi connectivity index (χ2n) is 8.50. The van der Waals surface area contributed by atoms with Crippen LogP contribution in [-0.2, 0) is 14.8 Å². The van der Waals surface area contributed by atoms with Gasteiger partial charge in [0.25, 0.3) is 5.91 Å². The van der Waals surface area contributed by atoms with E-state index < -0.39 is 10.0 Å². The summed E-state index contributed by atoms with van der Waals surface area (Å²) in [6.07, 6.45) is 2.54. The van der Waals surface area contributed by atoms with Crippen LogP contribution >= 0.6 is 0 Å². The molecule has 0 N–H and O–H groups in total. The molecule has 2 amide bonds. The minimum absolute atomic E-state index is 0.0197. The number of likely N-dealkylation sites (tertiary alicyclic amines) is 2. The van der Waals surface area contributed by atoms with E-state index in [1.54, 1.807) is 31.4 Å². The van der Waals surface area contributed by atoms with E-state index in [0.717, 1.165) is 0 Å². The quantitative estimate of drug-likeness (QED) is 0.705. The van der Waals surface area contributed by atoms with E-state index in [9.17, 15) is 18.0 Å². The van der Waals surface area contributed by atoms with Crippen LogP contribution < -0.4 is 4.74 Å². The van der Waals surface area contributed by atoms with Crippen LogP contribution in [-0.4, -0.2) is 86.0 Å². The van der Waals surface area contributed by atoms with Gasteiger partial charge in [0.05, 0.1) is 24.8 Å². The van der Waals surface area contributed by atoms with Gasteiger partial charge in [0.1, 0.15) is 5.75 Å². The fraction of sp³-hybridized carbons (Fsp3) is 0.619. The average molecular weight is 436 g/mol. The first-order valence-electron chi connectivity index (χ1n) is 10.4. The van der Waals surface area contributed by atoms with Crippen LogP contribution in [0.5, 0.6) is 5.75 Å². The second-order valence-corrected chi connectivity index (χ2v) is 10.5. The molecule has 0 unspecified atom stereocenters. The van der Waals surface area contributed by atoms with Gasteiger partial charge >= 0.3 is 0 Å². The normalized spacial score (nSPS) is 26.3. The molecule has 1 aromatic rings. The first-order valence-corrected chi connectivity index (χ1v) is 12.3. The smallest absolute Gasteiger partial charge is 0.253 e. The highest BCUT2D eigenvalue weighted by Crippen LogP contribution is 2.50. The number of rotatable bonds is 4. The highest BCUT2D eigenvalue weighted by atomic mass is 32.2. The van der Waals surface area contributed by atoms with Gasteiger partial charge in [0.15, 0.2) is 0 Å². The summed E-state index contributed by atoms with van der Waals surface area (Å²) in [5.41, 5.74) is 0.211. The summed E-state index contributed by atoms with van der Waals surface area (Å²) in [5, 5.41) is 0. The lowest BCUT2D eigenvalue weighted by Gasteiger charge is -2.47. The third-order valence-corrected chi connectivity index (χ3v) is 8.35. The molecule has 0 radical (unpaired) electrons. The lowest BCUT2D eigenvalue weighted by molar-refractivity contribution is -0.134. The molecule has 8 nitrogen and oxygen atoms in total. The van der Waals surface area contributed by atoms with Gasteiger partial charge in [0, 0.05) is 44.2 Å². The zero-order valence-electron chi connectivity index (χ0n) is 17.7. The zero-order valence-corrected chi connectivity index (χ0v) is 18.5. The molecule has 2 atom stereocenters. The Hall–Kier alpha value is -2.13. The van der Waals surface area contributed by atoms with Gasteiger partial charge in [-0.3, -0.25) is 9.59 Å². The molecule has 0 aromatic heterocycles. The van der Waals surface area contributed by atoms with Crippen molar-refractivity contribution in [1.82, 2.24) is 14.1 Å². The largest absolute Gasteiger partial charge is 0.497 e. The fourth-order valence-electron chi connectivity index (χ4n) is 5.60. The van der Waals surface area contributed by atoms with Gasteiger partial charge < -0.3 is 14.5 Å². The topological polar surface area (TPSA) is 87.2 Å². The average Bonchev–Trinajstić information content (AvgIpc) is 3.27. The van der Waals surface area contributed by atoms with Crippen LogP contribution in [0.3, 0.4) is 0 Å². The van der Waals surface area contributed by atoms with Crippen molar-refractivity contribution in [2.45, 2.75) is 25.3 Å². The Morgan fingerprint density at radius 1 is 1.23 bits per heavy atom. The summed E-state index contributed by atoms with van der Waals surface area (Å²) in [5.74, 6) is 0.356. The minimum Gasteiger partial charge on any atom is -0.497 e. The molecule has 0 saturated carbocycles. The summed E-state index contributed by atoms with van der Waals surface area (Å²) >= 11 is 0. The molecule has 1 spiro atoms. The van der Waals surface area contributed by atoms with Gasteiger partial charge in [0.2, 0.25) is 15.9 Å². The van der Waals surface area contributed by atoms with Crippen LogP contribution in [0.4, 0.5) is 0 Å². The number of piperidine rings is 1. The van der Waals surface area contributed by atoms with Gasteiger partial charge in [-0.25, -0.2) is 12.7 Å². The predicted molar refractivity (Wildman–Crippen MR) is 112 cm³/mol. The molecule has 30 heavy (non-hydrogen) atoms. The summed E-state index contributed by atoms with van der Waals surface area (Å²) < 4.78 is 30.8. The van der Waals surface area contributed by atoms with Crippen LogP contribution in [0, 0.1) is 11.8 Å². The second kappa shape index (κ2) is 7.53. The third kappa shape index (κ3) is 3.28. The number of nitrogens with zero attached hydrogens (tertiary/aromatic N) is 3. The number of carbonyl (C=O) groups excluding carboxylic acids is 2. The van der Waals surface area contributed by atoms with E-state index >= 15 is 0 Å². The minimum atomic E-state index is -3.33. The van der Waals surface area contributed by atoms with E-state index in [2.05, 4.69) is 0 Å². The van der Waals surface area contributed by atoms with Crippen molar-refractivity contribution in [3.63, 3.8) is 0 Å². The number of benzene rings is 1. The van der Waals surface area contributed by atoms with Crippen molar-refractivity contribution in [1.29, 1.82) is 0 Å². The van der Waals surface area contributed by atoms with Gasteiger partial charge in [-0.15, -0.1) is 0 Å². The van der Waals surface area contributed by atoms with Crippen LogP contribution in [0.25, 0.3) is 0 Å². The Morgan fingerprint density at radius 3 is 2.53 bits per heavy atom. The van der Waals surface area contributed by atoms with E-state index in [4.69, 9.17) is 4.74 Å². The van der Waals surface area contributed by atoms with Gasteiger partial charge in [-0.05, 0) is 38.0 Å². The van der Waals surface area contributed by atoms with Crippen LogP contribution in [0.1, 0.15) is 30.1 Å². The number of methoxy groups -OCH3 is 1. The molecule has 3 aliphatic heterocycles. The lowest BCUT2D eigenvalue weighted by atomic mass is 9.75. The molecule has 0 aliphatic carbocycles. The predicted octanol–water partition coefficient (Wildman–Crippen LogP) is 1.04. The monoisotopic (exact) mass is 435 g/mol. The van der Waals surface area contributed by atoms with Gasteiger partial charge in [-0.2, -0.15) is 0 Å². The number of carbonyl (C=O) groups is 2. The summed E-state index contributed by atoms with van der Waals surface area (Å²) in [7, 11) is -1.76. The Bertz CT molecular complexity index is 955. The third-order valence-electron chi connectivity index (χ3n) is 7.12. The van der Waals surface area contributed by atoms with Crippen molar-refractivity contribution < 1.29 is 22.7 Å². The van der Waals surface area contributed by atoms with Crippen molar-refractivity contribution in [3.05, 3.63) is 29.8 Å². The lowest BCUT2D eigenvalue weighted by Crippen LogP contribution is -2.58. The Labute approximate surface area is 177 Å². The van der Waals surface area contributed by atoms with Crippen molar-refractivity contribution in [2.75, 3.05) is 46.1 Å². The molecule has 1 aromatic carbocycles. The molecule has 4 rings (SSSR count). The molecule has 3 saturated heterocycles. The van der Waals surface area contributed by atoms with Crippen LogP contribution in [0.2, 0.25) is 0 Å². The first kappa shape index (κ1) is 21.1. The first-order chi connectivity index (χ1) is 14.2. The van der Waals surface area contributed by atoms with Crippen molar-refractivity contribution in [2.24, 2.45) is 11.8 Å². The summed E-state index contributed by atoms with van der Waals surface area (Å²) in [6, 6.07) is 7.12. The molecule has 0 bridgehead atoms. The number of hydrogen-bond acceptors (Lipinski definition) is 5. The molecular weight excluding hydrogens is 406 g/mol. The number of ether oxygens (including phenoxy) is 1. The zero-order chi connectivity index (χ0) is 21.7. The molecule has 3 aliphatic rings. The summed E-state index contributed by atoms with van der Waals surface area (Å²) in [4.78, 5) is 29.9. The SMILES string of the molecule is CCN1C(=O)[C@H]2CN(S(C)(=O)=O)C[C@H]2C12CCN(C(=O)c1cccc(OC)c1)CC2. The molecular formula is C21H29N3O5S. The van der Waals surface area contributed by atoms with Crippen LogP contribution in [0.15, 0.2) is 24.3 Å². The number of amides is 2. The van der Waals surface area contributed by atoms with Crippen molar-refractivity contribution >= 4 is 21.8 Å². The molecule has 164 valence electrons.